The van der Waals surface area contributed by atoms with Gasteiger partial charge in [0.25, 0.3) is 0 Å². The highest BCUT2D eigenvalue weighted by Crippen LogP contribution is 2.49. The van der Waals surface area contributed by atoms with E-state index in [-0.39, 0.29) is 24.4 Å². The fraction of sp³-hybridized carbons (Fsp3) is 0.423. The third-order valence-electron chi connectivity index (χ3n) is 7.37. The highest BCUT2D eigenvalue weighted by Gasteiger charge is 2.46. The Hall–Kier alpha value is -3.06. The van der Waals surface area contributed by atoms with Crippen molar-refractivity contribution >= 4 is 28.3 Å². The number of nitrogens with one attached hydrogen (secondary N) is 1. The lowest BCUT2D eigenvalue weighted by Gasteiger charge is -2.21. The third-order valence-corrected chi connectivity index (χ3v) is 7.37. The van der Waals surface area contributed by atoms with E-state index in [1.165, 1.54) is 0 Å². The number of hydrogen-bond donors (Lipinski definition) is 2. The molecule has 1 saturated carbocycles. The van der Waals surface area contributed by atoms with Crippen LogP contribution in [0.1, 0.15) is 62.2 Å². The zero-order valence-electron chi connectivity index (χ0n) is 19.7. The monoisotopic (exact) mass is 448 g/mol. The van der Waals surface area contributed by atoms with Crippen LogP contribution in [0, 0.1) is 12.7 Å². The summed E-state index contributed by atoms with van der Waals surface area (Å²) in [6.07, 6.45) is 1.60. The number of rotatable bonds is 5. The molecule has 1 atom stereocenters. The number of likely N-dealkylation sites (N-methyl/N-ethyl adjacent to an activating group) is 1. The summed E-state index contributed by atoms with van der Waals surface area (Å²) in [4.78, 5) is 23.7. The number of halogens is 1. The van der Waals surface area contributed by atoms with Crippen LogP contribution in [0.5, 0.6) is 0 Å². The zero-order valence-corrected chi connectivity index (χ0v) is 19.7. The number of hydrogen-bond acceptors (Lipinski definition) is 5. The molecule has 3 aromatic rings. The minimum Gasteiger partial charge on any atom is -0.395 e. The summed E-state index contributed by atoms with van der Waals surface area (Å²) in [5.41, 5.74) is 2.59. The average molecular weight is 449 g/mol. The van der Waals surface area contributed by atoms with E-state index >= 15 is 4.39 Å². The van der Waals surface area contributed by atoms with E-state index in [9.17, 15) is 9.90 Å². The molecule has 7 heteroatoms. The normalized spacial score (nSPS) is 19.0. The lowest BCUT2D eigenvalue weighted by atomic mass is 9.85. The molecule has 0 bridgehead atoms. The molecule has 33 heavy (non-hydrogen) atoms. The fourth-order valence-electron chi connectivity index (χ4n) is 5.05. The van der Waals surface area contributed by atoms with E-state index in [1.807, 2.05) is 45.9 Å². The van der Waals surface area contributed by atoms with Crippen molar-refractivity contribution in [2.24, 2.45) is 0 Å². The first-order valence-corrected chi connectivity index (χ1v) is 11.4. The van der Waals surface area contributed by atoms with Crippen molar-refractivity contribution in [3.63, 3.8) is 0 Å². The summed E-state index contributed by atoms with van der Waals surface area (Å²) < 4.78 is 15.5. The lowest BCUT2D eigenvalue weighted by molar-refractivity contribution is -0.121. The van der Waals surface area contributed by atoms with Crippen LogP contribution in [-0.4, -0.2) is 34.6 Å². The molecule has 0 unspecified atom stereocenters. The van der Waals surface area contributed by atoms with Gasteiger partial charge >= 0.3 is 0 Å². The van der Waals surface area contributed by atoms with Gasteiger partial charge in [-0.1, -0.05) is 18.2 Å². The topological polar surface area (TPSA) is 78.4 Å². The lowest BCUT2D eigenvalue weighted by Crippen LogP contribution is -2.33. The molecule has 0 radical (unpaired) electrons. The Morgan fingerprint density at radius 2 is 1.94 bits per heavy atom. The first kappa shape index (κ1) is 21.8. The maximum Gasteiger partial charge on any atom is 0.236 e. The Morgan fingerprint density at radius 3 is 2.61 bits per heavy atom. The standard InChI is InChI=1S/C26H29FN4O2/c1-14(16-7-6-8-18(22(16)27)26(13-32)9-10-26)28-23-17-11-21-19(12-20(17)29-15(2)30-23)25(3,4)24(33)31(21)5/h6-8,11-12,14,32H,9-10,13H2,1-5H3,(H,28,29,30)/t14-/m1/s1. The van der Waals surface area contributed by atoms with Crippen LogP contribution < -0.4 is 10.2 Å². The summed E-state index contributed by atoms with van der Waals surface area (Å²) in [7, 11) is 1.78. The Balaban J connectivity index is 1.57. The second-order valence-electron chi connectivity index (χ2n) is 10.0. The number of carbonyl (C=O) groups excluding carboxylic acids is 1. The molecule has 1 aromatic heterocycles. The van der Waals surface area contributed by atoms with Crippen molar-refractivity contribution < 1.29 is 14.3 Å². The molecule has 2 N–H and O–H groups in total. The molecule has 0 spiro atoms. The maximum atomic E-state index is 15.5. The Bertz CT molecular complexity index is 1300. The molecule has 1 amide bonds. The molecule has 6 nitrogen and oxygen atoms in total. The van der Waals surface area contributed by atoms with Gasteiger partial charge in [0, 0.05) is 29.1 Å². The Morgan fingerprint density at radius 1 is 1.21 bits per heavy atom. The van der Waals surface area contributed by atoms with E-state index in [2.05, 4.69) is 15.3 Å². The summed E-state index contributed by atoms with van der Waals surface area (Å²) in [5, 5.41) is 13.9. The van der Waals surface area contributed by atoms with Gasteiger partial charge in [0.1, 0.15) is 17.5 Å². The van der Waals surface area contributed by atoms with Gasteiger partial charge in [0.05, 0.1) is 23.6 Å². The van der Waals surface area contributed by atoms with Crippen molar-refractivity contribution in [1.29, 1.82) is 0 Å². The predicted octanol–water partition coefficient (Wildman–Crippen LogP) is 4.53. The number of benzene rings is 2. The van der Waals surface area contributed by atoms with Crippen LogP contribution >= 0.6 is 0 Å². The number of aliphatic hydroxyl groups is 1. The minimum atomic E-state index is -0.618. The smallest absolute Gasteiger partial charge is 0.236 e. The average Bonchev–Trinajstić information content (AvgIpc) is 3.55. The maximum absolute atomic E-state index is 15.5. The van der Waals surface area contributed by atoms with Gasteiger partial charge in [-0.2, -0.15) is 0 Å². The van der Waals surface area contributed by atoms with Crippen LogP contribution in [-0.2, 0) is 15.6 Å². The quantitative estimate of drug-likeness (QED) is 0.600. The highest BCUT2D eigenvalue weighted by atomic mass is 19.1. The first-order chi connectivity index (χ1) is 15.6. The van der Waals surface area contributed by atoms with Crippen LogP contribution in [0.15, 0.2) is 30.3 Å². The number of anilines is 2. The van der Waals surface area contributed by atoms with Crippen molar-refractivity contribution in [3.8, 4) is 0 Å². The molecule has 1 fully saturated rings. The number of nitrogens with zero attached hydrogens (tertiary/aromatic N) is 3. The summed E-state index contributed by atoms with van der Waals surface area (Å²) in [6.45, 7) is 7.53. The van der Waals surface area contributed by atoms with E-state index in [4.69, 9.17) is 0 Å². The minimum absolute atomic E-state index is 0.0390. The molecule has 2 aliphatic rings. The van der Waals surface area contributed by atoms with Crippen LogP contribution in [0.2, 0.25) is 0 Å². The van der Waals surface area contributed by atoms with E-state index in [0.717, 1.165) is 35.0 Å². The van der Waals surface area contributed by atoms with Crippen LogP contribution in [0.3, 0.4) is 0 Å². The van der Waals surface area contributed by atoms with Crippen molar-refractivity contribution in [2.45, 2.75) is 57.4 Å². The molecule has 172 valence electrons. The number of aryl methyl sites for hydroxylation is 1. The van der Waals surface area contributed by atoms with Gasteiger partial charge in [0.15, 0.2) is 0 Å². The molecule has 1 aliphatic carbocycles. The summed E-state index contributed by atoms with van der Waals surface area (Å²) >= 11 is 0. The van der Waals surface area contributed by atoms with Crippen LogP contribution in [0.25, 0.3) is 10.9 Å². The summed E-state index contributed by atoms with van der Waals surface area (Å²) in [6, 6.07) is 8.95. The number of aliphatic hydroxyl groups excluding tert-OH is 1. The van der Waals surface area contributed by atoms with Gasteiger partial charge < -0.3 is 15.3 Å². The number of aromatic nitrogens is 2. The van der Waals surface area contributed by atoms with Crippen molar-refractivity contribution in [1.82, 2.24) is 9.97 Å². The first-order valence-electron chi connectivity index (χ1n) is 11.4. The van der Waals surface area contributed by atoms with Gasteiger partial charge in [0.2, 0.25) is 5.91 Å². The zero-order chi connectivity index (χ0) is 23.7. The molecule has 2 aromatic carbocycles. The Kier molecular flexibility index (Phi) is 4.76. The second kappa shape index (κ2) is 7.22. The molecule has 5 rings (SSSR count). The van der Waals surface area contributed by atoms with E-state index < -0.39 is 10.8 Å². The van der Waals surface area contributed by atoms with E-state index in [0.29, 0.717) is 22.8 Å². The second-order valence-corrected chi connectivity index (χ2v) is 10.0. The summed E-state index contributed by atoms with van der Waals surface area (Å²) in [5.74, 6) is 0.967. The fourth-order valence-corrected chi connectivity index (χ4v) is 5.05. The highest BCUT2D eigenvalue weighted by molar-refractivity contribution is 6.10. The number of amides is 1. The number of carbonyl (C=O) groups is 1. The SMILES string of the molecule is Cc1nc(N[C@H](C)c2cccc(C3(CO)CC3)c2F)c2cc3c(cc2n1)C(C)(C)C(=O)N3C. The van der Waals surface area contributed by atoms with Gasteiger partial charge in [-0.25, -0.2) is 14.4 Å². The molecule has 2 heterocycles. The van der Waals surface area contributed by atoms with E-state index in [1.54, 1.807) is 24.1 Å². The number of fused-ring (bicyclic) bond motifs is 2. The molecular formula is C26H29FN4O2. The molecule has 0 saturated heterocycles. The Labute approximate surface area is 192 Å². The van der Waals surface area contributed by atoms with Gasteiger partial charge in [-0.3, -0.25) is 4.79 Å². The molecule has 1 aliphatic heterocycles. The molecular weight excluding hydrogens is 419 g/mol. The van der Waals surface area contributed by atoms with Crippen molar-refractivity contribution in [2.75, 3.05) is 23.9 Å². The largest absolute Gasteiger partial charge is 0.395 e. The predicted molar refractivity (Wildman–Crippen MR) is 127 cm³/mol. The van der Waals surface area contributed by atoms with Crippen LogP contribution in [0.4, 0.5) is 15.9 Å². The van der Waals surface area contributed by atoms with Gasteiger partial charge in [-0.05, 0) is 63.8 Å². The third kappa shape index (κ3) is 3.21. The van der Waals surface area contributed by atoms with Gasteiger partial charge in [-0.15, -0.1) is 0 Å². The van der Waals surface area contributed by atoms with Crippen molar-refractivity contribution in [3.05, 3.63) is 58.7 Å².